The van der Waals surface area contributed by atoms with Crippen molar-refractivity contribution >= 4 is 33.4 Å². The van der Waals surface area contributed by atoms with Gasteiger partial charge in [0.1, 0.15) is 11.6 Å². The van der Waals surface area contributed by atoms with E-state index in [1.54, 1.807) is 0 Å². The lowest BCUT2D eigenvalue weighted by molar-refractivity contribution is 1.05. The Balaban J connectivity index is 1.46. The van der Waals surface area contributed by atoms with Crippen LogP contribution in [-0.2, 0) is 0 Å². The molecule has 25 heavy (non-hydrogen) atoms. The molecule has 0 aliphatic heterocycles. The number of hydrogen-bond acceptors (Lipinski definition) is 5. The molecule has 5 nitrogen and oxygen atoms in total. The van der Waals surface area contributed by atoms with Gasteiger partial charge in [-0.1, -0.05) is 24.3 Å². The minimum atomic E-state index is 0.756. The normalized spacial score (nSPS) is 10.9. The summed E-state index contributed by atoms with van der Waals surface area (Å²) in [7, 11) is 0. The van der Waals surface area contributed by atoms with Crippen LogP contribution in [0.1, 0.15) is 5.56 Å². The lowest BCUT2D eigenvalue weighted by Gasteiger charge is -2.09. The second kappa shape index (κ2) is 6.73. The van der Waals surface area contributed by atoms with Crippen LogP contribution in [-0.4, -0.2) is 28.0 Å². The van der Waals surface area contributed by atoms with Gasteiger partial charge in [-0.3, -0.25) is 4.98 Å². The Hall–Kier alpha value is -3.21. The Morgan fingerprint density at radius 1 is 0.760 bits per heavy atom. The first-order chi connectivity index (χ1) is 12.3. The average Bonchev–Trinajstić information content (AvgIpc) is 2.66. The molecule has 0 fully saturated rings. The third kappa shape index (κ3) is 3.35. The molecule has 4 rings (SSSR count). The molecule has 0 aliphatic carbocycles. The summed E-state index contributed by atoms with van der Waals surface area (Å²) in [6, 6.07) is 16.3. The van der Waals surface area contributed by atoms with Crippen LogP contribution in [0.15, 0.2) is 60.9 Å². The molecule has 0 amide bonds. The van der Waals surface area contributed by atoms with E-state index in [4.69, 9.17) is 4.98 Å². The summed E-state index contributed by atoms with van der Waals surface area (Å²) in [4.78, 5) is 13.6. The predicted molar refractivity (Wildman–Crippen MR) is 103 cm³/mol. The van der Waals surface area contributed by atoms with Crippen LogP contribution in [0.25, 0.3) is 21.8 Å². The maximum Gasteiger partial charge on any atom is 0.126 e. The van der Waals surface area contributed by atoms with E-state index in [1.807, 2.05) is 43.6 Å². The Kier molecular flexibility index (Phi) is 4.12. The molecule has 0 saturated carbocycles. The van der Waals surface area contributed by atoms with Crippen LogP contribution in [0.5, 0.6) is 0 Å². The van der Waals surface area contributed by atoms with Crippen molar-refractivity contribution in [2.45, 2.75) is 6.92 Å². The van der Waals surface area contributed by atoms with Crippen molar-refractivity contribution in [3.63, 3.8) is 0 Å². The van der Waals surface area contributed by atoms with Gasteiger partial charge in [0.05, 0.1) is 11.0 Å². The molecule has 0 bridgehead atoms. The minimum Gasteiger partial charge on any atom is -0.368 e. The van der Waals surface area contributed by atoms with Crippen LogP contribution in [0, 0.1) is 6.92 Å². The summed E-state index contributed by atoms with van der Waals surface area (Å²) < 4.78 is 0. The highest BCUT2D eigenvalue weighted by Crippen LogP contribution is 2.23. The number of aromatic nitrogens is 3. The minimum absolute atomic E-state index is 0.756. The summed E-state index contributed by atoms with van der Waals surface area (Å²) >= 11 is 0. The third-order valence-electron chi connectivity index (χ3n) is 4.08. The van der Waals surface area contributed by atoms with Gasteiger partial charge in [-0.25, -0.2) is 9.97 Å². The van der Waals surface area contributed by atoms with E-state index in [2.05, 4.69) is 44.9 Å². The molecule has 3 heterocycles. The number of aryl methyl sites for hydroxylation is 1. The Morgan fingerprint density at radius 2 is 1.48 bits per heavy atom. The maximum absolute atomic E-state index is 4.74. The number of fused-ring (bicyclic) bond motifs is 3. The summed E-state index contributed by atoms with van der Waals surface area (Å²) in [5.74, 6) is 1.73. The fourth-order valence-corrected chi connectivity index (χ4v) is 2.78. The molecule has 4 aromatic rings. The van der Waals surface area contributed by atoms with Crippen molar-refractivity contribution in [3.8, 4) is 0 Å². The monoisotopic (exact) mass is 329 g/mol. The van der Waals surface area contributed by atoms with E-state index in [1.165, 1.54) is 0 Å². The van der Waals surface area contributed by atoms with E-state index in [0.717, 1.165) is 52.1 Å². The summed E-state index contributed by atoms with van der Waals surface area (Å²) in [5, 5.41) is 8.85. The largest absolute Gasteiger partial charge is 0.368 e. The van der Waals surface area contributed by atoms with E-state index in [9.17, 15) is 0 Å². The average molecular weight is 329 g/mol. The second-order valence-corrected chi connectivity index (χ2v) is 5.98. The van der Waals surface area contributed by atoms with Gasteiger partial charge in [0, 0.05) is 36.3 Å². The SMILES string of the molecule is Cc1ccc(NCCNc2ccc3ccc4cccnc4c3n2)nc1. The van der Waals surface area contributed by atoms with Crippen LogP contribution in [0.2, 0.25) is 0 Å². The van der Waals surface area contributed by atoms with Gasteiger partial charge >= 0.3 is 0 Å². The smallest absolute Gasteiger partial charge is 0.126 e. The van der Waals surface area contributed by atoms with Gasteiger partial charge in [0.2, 0.25) is 0 Å². The van der Waals surface area contributed by atoms with Gasteiger partial charge in [-0.15, -0.1) is 0 Å². The van der Waals surface area contributed by atoms with Crippen molar-refractivity contribution in [2.24, 2.45) is 0 Å². The van der Waals surface area contributed by atoms with Crippen LogP contribution < -0.4 is 10.6 Å². The van der Waals surface area contributed by atoms with Gasteiger partial charge < -0.3 is 10.6 Å². The molecule has 0 aliphatic rings. The summed E-state index contributed by atoms with van der Waals surface area (Å²) in [6.45, 7) is 3.55. The summed E-state index contributed by atoms with van der Waals surface area (Å²) in [6.07, 6.45) is 3.67. The molecule has 2 N–H and O–H groups in total. The lowest BCUT2D eigenvalue weighted by atomic mass is 10.1. The molecule has 0 radical (unpaired) electrons. The maximum atomic E-state index is 4.74. The van der Waals surface area contributed by atoms with Crippen molar-refractivity contribution in [1.29, 1.82) is 0 Å². The molecular weight excluding hydrogens is 310 g/mol. The lowest BCUT2D eigenvalue weighted by Crippen LogP contribution is -2.14. The van der Waals surface area contributed by atoms with Crippen molar-refractivity contribution in [3.05, 3.63) is 66.5 Å². The molecule has 0 spiro atoms. The van der Waals surface area contributed by atoms with E-state index >= 15 is 0 Å². The van der Waals surface area contributed by atoms with E-state index < -0.39 is 0 Å². The molecule has 1 aromatic carbocycles. The number of rotatable bonds is 5. The Labute approximate surface area is 146 Å². The van der Waals surface area contributed by atoms with Crippen molar-refractivity contribution in [2.75, 3.05) is 23.7 Å². The molecule has 0 unspecified atom stereocenters. The molecule has 0 saturated heterocycles. The van der Waals surface area contributed by atoms with Crippen LogP contribution in [0.3, 0.4) is 0 Å². The number of hydrogen-bond donors (Lipinski definition) is 2. The predicted octanol–water partition coefficient (Wildman–Crippen LogP) is 4.01. The summed E-state index contributed by atoms with van der Waals surface area (Å²) in [5.41, 5.74) is 3.02. The topological polar surface area (TPSA) is 62.7 Å². The van der Waals surface area contributed by atoms with Gasteiger partial charge in [0.25, 0.3) is 0 Å². The number of benzene rings is 1. The van der Waals surface area contributed by atoms with Gasteiger partial charge in [0.15, 0.2) is 0 Å². The highest BCUT2D eigenvalue weighted by Gasteiger charge is 2.04. The quantitative estimate of drug-likeness (QED) is 0.428. The van der Waals surface area contributed by atoms with E-state index in [0.29, 0.717) is 0 Å². The highest BCUT2D eigenvalue weighted by atomic mass is 15.0. The number of pyridine rings is 3. The number of anilines is 2. The molecule has 0 atom stereocenters. The fourth-order valence-electron chi connectivity index (χ4n) is 2.78. The van der Waals surface area contributed by atoms with Crippen LogP contribution >= 0.6 is 0 Å². The van der Waals surface area contributed by atoms with Crippen molar-refractivity contribution in [1.82, 2.24) is 15.0 Å². The first-order valence-electron chi connectivity index (χ1n) is 8.34. The standard InChI is InChI=1S/C20H19N5/c1-14-4-8-17(24-13-14)21-11-12-22-18-9-7-16-6-5-15-3-2-10-23-19(15)20(16)25-18/h2-10,13H,11-12H2,1H3,(H,21,24)(H,22,25). The Morgan fingerprint density at radius 3 is 2.28 bits per heavy atom. The van der Waals surface area contributed by atoms with Gasteiger partial charge in [-0.2, -0.15) is 0 Å². The van der Waals surface area contributed by atoms with Crippen LogP contribution in [0.4, 0.5) is 11.6 Å². The molecular formula is C20H19N5. The number of nitrogens with one attached hydrogen (secondary N) is 2. The second-order valence-electron chi connectivity index (χ2n) is 5.98. The van der Waals surface area contributed by atoms with Gasteiger partial charge in [-0.05, 0) is 36.8 Å². The number of nitrogens with zero attached hydrogens (tertiary/aromatic N) is 3. The third-order valence-corrected chi connectivity index (χ3v) is 4.08. The zero-order valence-electron chi connectivity index (χ0n) is 14.0. The first kappa shape index (κ1) is 15.3. The van der Waals surface area contributed by atoms with Crippen molar-refractivity contribution < 1.29 is 0 Å². The molecule has 5 heteroatoms. The Bertz CT molecular complexity index is 1010. The highest BCUT2D eigenvalue weighted by molar-refractivity contribution is 6.03. The fraction of sp³-hybridized carbons (Fsp3) is 0.150. The molecule has 124 valence electrons. The zero-order valence-corrected chi connectivity index (χ0v) is 14.0. The molecule has 3 aromatic heterocycles. The first-order valence-corrected chi connectivity index (χ1v) is 8.34. The zero-order chi connectivity index (χ0) is 17.1. The van der Waals surface area contributed by atoms with E-state index in [-0.39, 0.29) is 0 Å².